The molecule has 0 saturated heterocycles. The fraction of sp³-hybridized carbons (Fsp3) is 0.429. The molecule has 0 saturated carbocycles. The lowest BCUT2D eigenvalue weighted by atomic mass is 9.80. The predicted octanol–water partition coefficient (Wildman–Crippen LogP) is 6.01. The predicted molar refractivity (Wildman–Crippen MR) is 91.2 cm³/mol. The van der Waals surface area contributed by atoms with Gasteiger partial charge in [-0.25, -0.2) is 0 Å². The average Bonchev–Trinajstić information content (AvgIpc) is 2.90. The molecule has 2 aromatic carbocycles. The monoisotopic (exact) mass is 278 g/mol. The first-order valence-corrected chi connectivity index (χ1v) is 8.30. The van der Waals surface area contributed by atoms with E-state index in [1.165, 1.54) is 12.8 Å². The normalized spacial score (nSPS) is 17.5. The SMILES string of the molecule is CC(C)c1cccc(C(C)C)c1C1CCc2ccccc21. The fourth-order valence-corrected chi connectivity index (χ4v) is 3.87. The van der Waals surface area contributed by atoms with Crippen LogP contribution in [0.3, 0.4) is 0 Å². The molecule has 0 bridgehead atoms. The van der Waals surface area contributed by atoms with Gasteiger partial charge in [-0.1, -0.05) is 70.2 Å². The van der Waals surface area contributed by atoms with Crippen LogP contribution in [-0.4, -0.2) is 0 Å². The lowest BCUT2D eigenvalue weighted by Gasteiger charge is -2.25. The molecule has 1 aliphatic carbocycles. The molecule has 1 unspecified atom stereocenters. The van der Waals surface area contributed by atoms with Crippen molar-refractivity contribution in [1.29, 1.82) is 0 Å². The second-order valence-electron chi connectivity index (χ2n) is 6.95. The van der Waals surface area contributed by atoms with Crippen molar-refractivity contribution < 1.29 is 0 Å². The number of hydrogen-bond acceptors (Lipinski definition) is 0. The smallest absolute Gasteiger partial charge is 0.0101 e. The maximum absolute atomic E-state index is 2.34. The Morgan fingerprint density at radius 2 is 1.43 bits per heavy atom. The zero-order valence-corrected chi connectivity index (χ0v) is 13.7. The number of fused-ring (bicyclic) bond motifs is 1. The van der Waals surface area contributed by atoms with E-state index < -0.39 is 0 Å². The van der Waals surface area contributed by atoms with Gasteiger partial charge < -0.3 is 0 Å². The molecule has 0 heteroatoms. The van der Waals surface area contributed by atoms with Gasteiger partial charge >= 0.3 is 0 Å². The third-order valence-electron chi connectivity index (χ3n) is 4.90. The van der Waals surface area contributed by atoms with Crippen molar-refractivity contribution >= 4 is 0 Å². The standard InChI is InChI=1S/C21H26/c1-14(2)17-10-7-11-18(15(3)4)21(17)20-13-12-16-8-5-6-9-19(16)20/h5-11,14-15,20H,12-13H2,1-4H3. The molecule has 0 amide bonds. The second-order valence-corrected chi connectivity index (χ2v) is 6.95. The van der Waals surface area contributed by atoms with E-state index in [4.69, 9.17) is 0 Å². The van der Waals surface area contributed by atoms with E-state index in [1.807, 2.05) is 0 Å². The van der Waals surface area contributed by atoms with Gasteiger partial charge in [0.1, 0.15) is 0 Å². The summed E-state index contributed by atoms with van der Waals surface area (Å²) in [7, 11) is 0. The summed E-state index contributed by atoms with van der Waals surface area (Å²) >= 11 is 0. The molecule has 21 heavy (non-hydrogen) atoms. The molecule has 0 nitrogen and oxygen atoms in total. The summed E-state index contributed by atoms with van der Waals surface area (Å²) in [5, 5.41) is 0. The number of benzene rings is 2. The van der Waals surface area contributed by atoms with Gasteiger partial charge in [0.05, 0.1) is 0 Å². The van der Waals surface area contributed by atoms with Crippen LogP contribution in [0.2, 0.25) is 0 Å². The molecule has 0 radical (unpaired) electrons. The summed E-state index contributed by atoms with van der Waals surface area (Å²) in [5.41, 5.74) is 7.82. The lowest BCUT2D eigenvalue weighted by molar-refractivity contribution is 0.722. The zero-order chi connectivity index (χ0) is 15.0. The van der Waals surface area contributed by atoms with E-state index in [1.54, 1.807) is 27.8 Å². The summed E-state index contributed by atoms with van der Waals surface area (Å²) in [6.07, 6.45) is 2.49. The van der Waals surface area contributed by atoms with Crippen molar-refractivity contribution in [2.24, 2.45) is 0 Å². The van der Waals surface area contributed by atoms with Crippen LogP contribution in [0, 0.1) is 0 Å². The Labute approximate surface area is 129 Å². The Morgan fingerprint density at radius 3 is 2.05 bits per heavy atom. The highest BCUT2D eigenvalue weighted by atomic mass is 14.3. The van der Waals surface area contributed by atoms with Gasteiger partial charge in [0.2, 0.25) is 0 Å². The van der Waals surface area contributed by atoms with Crippen LogP contribution in [0.1, 0.15) is 79.7 Å². The highest BCUT2D eigenvalue weighted by Crippen LogP contribution is 2.43. The molecular formula is C21H26. The van der Waals surface area contributed by atoms with Crippen LogP contribution in [-0.2, 0) is 6.42 Å². The van der Waals surface area contributed by atoms with Gasteiger partial charge in [0.25, 0.3) is 0 Å². The van der Waals surface area contributed by atoms with Gasteiger partial charge in [-0.2, -0.15) is 0 Å². The molecule has 0 heterocycles. The molecule has 0 fully saturated rings. The van der Waals surface area contributed by atoms with Crippen LogP contribution in [0.25, 0.3) is 0 Å². The van der Waals surface area contributed by atoms with Crippen LogP contribution in [0.15, 0.2) is 42.5 Å². The maximum atomic E-state index is 2.34. The molecule has 1 atom stereocenters. The third kappa shape index (κ3) is 2.52. The quantitative estimate of drug-likeness (QED) is 0.644. The Morgan fingerprint density at radius 1 is 0.810 bits per heavy atom. The van der Waals surface area contributed by atoms with Crippen LogP contribution < -0.4 is 0 Å². The van der Waals surface area contributed by atoms with E-state index in [-0.39, 0.29) is 0 Å². The molecular weight excluding hydrogens is 252 g/mol. The number of rotatable bonds is 3. The topological polar surface area (TPSA) is 0 Å². The summed E-state index contributed by atoms with van der Waals surface area (Å²) in [5.74, 6) is 1.77. The zero-order valence-electron chi connectivity index (χ0n) is 13.7. The van der Waals surface area contributed by atoms with E-state index in [9.17, 15) is 0 Å². The molecule has 3 rings (SSSR count). The maximum Gasteiger partial charge on any atom is 0.0101 e. The van der Waals surface area contributed by atoms with Gasteiger partial charge in [0, 0.05) is 5.92 Å². The fourth-order valence-electron chi connectivity index (χ4n) is 3.87. The van der Waals surface area contributed by atoms with Crippen molar-refractivity contribution in [2.75, 3.05) is 0 Å². The molecule has 0 spiro atoms. The lowest BCUT2D eigenvalue weighted by Crippen LogP contribution is -2.08. The summed E-state index contributed by atoms with van der Waals surface area (Å²) in [4.78, 5) is 0. The minimum atomic E-state index is 0.589. The summed E-state index contributed by atoms with van der Waals surface area (Å²) in [6, 6.07) is 16.0. The highest BCUT2D eigenvalue weighted by Gasteiger charge is 2.28. The first-order valence-electron chi connectivity index (χ1n) is 8.30. The van der Waals surface area contributed by atoms with E-state index in [2.05, 4.69) is 70.2 Å². The molecule has 1 aliphatic rings. The van der Waals surface area contributed by atoms with Gasteiger partial charge in [-0.05, 0) is 52.5 Å². The first kappa shape index (κ1) is 14.4. The number of aryl methyl sites for hydroxylation is 1. The minimum Gasteiger partial charge on any atom is -0.0620 e. The second kappa shape index (κ2) is 5.67. The van der Waals surface area contributed by atoms with Crippen molar-refractivity contribution in [3.05, 3.63) is 70.3 Å². The third-order valence-corrected chi connectivity index (χ3v) is 4.90. The first-order chi connectivity index (χ1) is 10.1. The van der Waals surface area contributed by atoms with Crippen molar-refractivity contribution in [3.8, 4) is 0 Å². The summed E-state index contributed by atoms with van der Waals surface area (Å²) < 4.78 is 0. The van der Waals surface area contributed by atoms with Gasteiger partial charge in [0.15, 0.2) is 0 Å². The van der Waals surface area contributed by atoms with Crippen LogP contribution >= 0.6 is 0 Å². The Balaban J connectivity index is 2.18. The van der Waals surface area contributed by atoms with E-state index in [0.29, 0.717) is 17.8 Å². The van der Waals surface area contributed by atoms with Crippen LogP contribution in [0.4, 0.5) is 0 Å². The average molecular weight is 278 g/mol. The largest absolute Gasteiger partial charge is 0.0620 e. The minimum absolute atomic E-state index is 0.589. The molecule has 110 valence electrons. The van der Waals surface area contributed by atoms with E-state index in [0.717, 1.165) is 0 Å². The van der Waals surface area contributed by atoms with Gasteiger partial charge in [-0.15, -0.1) is 0 Å². The van der Waals surface area contributed by atoms with Crippen molar-refractivity contribution in [1.82, 2.24) is 0 Å². The Kier molecular flexibility index (Phi) is 3.89. The Hall–Kier alpha value is -1.56. The summed E-state index contributed by atoms with van der Waals surface area (Å²) in [6.45, 7) is 9.29. The van der Waals surface area contributed by atoms with Crippen molar-refractivity contribution in [2.45, 2.75) is 58.3 Å². The van der Waals surface area contributed by atoms with Crippen molar-refractivity contribution in [3.63, 3.8) is 0 Å². The van der Waals surface area contributed by atoms with E-state index >= 15 is 0 Å². The van der Waals surface area contributed by atoms with Crippen LogP contribution in [0.5, 0.6) is 0 Å². The Bertz CT molecular complexity index is 608. The number of hydrogen-bond donors (Lipinski definition) is 0. The molecule has 0 N–H and O–H groups in total. The molecule has 0 aromatic heterocycles. The molecule has 2 aromatic rings. The van der Waals surface area contributed by atoms with Gasteiger partial charge in [-0.3, -0.25) is 0 Å². The highest BCUT2D eigenvalue weighted by molar-refractivity contribution is 5.50. The molecule has 0 aliphatic heterocycles.